The van der Waals surface area contributed by atoms with E-state index in [0.717, 1.165) is 33.4 Å². The van der Waals surface area contributed by atoms with E-state index in [2.05, 4.69) is 4.30 Å². The van der Waals surface area contributed by atoms with Crippen LogP contribution in [0, 0.1) is 13.8 Å². The maximum atomic E-state index is 15.8. The largest absolute Gasteiger partial charge is 0.769 e. The minimum atomic E-state index is -4.44. The van der Waals surface area contributed by atoms with Crippen LogP contribution in [0.2, 0.25) is 0 Å². The SMILES string of the molecule is Cc1ccc(S(=O)(=O)[N](c2c(C(C)C)cccc2C(C)C)[Al]([NH]c2ccccc2)[N](c2c(C(C)C)cccc2C(C)C)S(=O)(=O)c2ccc(C)cc2)cc1. The molecular weight excluding hydrogens is 726 g/mol. The van der Waals surface area contributed by atoms with Gasteiger partial charge in [-0.15, -0.1) is 0 Å². The number of para-hydroxylation sites is 3. The van der Waals surface area contributed by atoms with E-state index in [-0.39, 0.29) is 33.5 Å². The van der Waals surface area contributed by atoms with E-state index in [1.54, 1.807) is 48.5 Å². The van der Waals surface area contributed by atoms with Crippen LogP contribution in [0.5, 0.6) is 0 Å². The van der Waals surface area contributed by atoms with E-state index in [0.29, 0.717) is 17.1 Å². The highest BCUT2D eigenvalue weighted by Gasteiger charge is 2.54. The van der Waals surface area contributed by atoms with Gasteiger partial charge < -0.3 is 10.9 Å². The number of sulfonamides is 2. The Balaban J connectivity index is 2.06. The molecule has 0 fully saturated rings. The zero-order chi connectivity index (χ0) is 39.5. The van der Waals surface area contributed by atoms with Crippen molar-refractivity contribution < 1.29 is 16.8 Å². The average Bonchev–Trinajstić information content (AvgIpc) is 3.12. The van der Waals surface area contributed by atoms with Crippen LogP contribution in [0.1, 0.15) is 112 Å². The number of aryl methyl sites for hydroxylation is 2. The van der Waals surface area contributed by atoms with Crippen molar-refractivity contribution in [3.05, 3.63) is 149 Å². The van der Waals surface area contributed by atoms with Crippen LogP contribution in [-0.2, 0) is 20.0 Å². The minimum Gasteiger partial charge on any atom is -0.438 e. The molecule has 0 bridgehead atoms. The van der Waals surface area contributed by atoms with E-state index in [1.807, 2.05) is 136 Å². The lowest BCUT2D eigenvalue weighted by molar-refractivity contribution is 0.596. The number of nitrogens with one attached hydrogen (secondary N) is 1. The standard InChI is InChI=1S/2C19H24NO2S.C6H6N.Al/c2*1-13(2)17-7-6-8-18(14(3)4)19(17)20-23(21,22)16-11-9-15(5)10-12-16;7-6-4-2-1-3-5-6;/h2*6-14H,1-5H3;1-5,7H;/q3*-1;+3. The molecule has 284 valence electrons. The van der Waals surface area contributed by atoms with Gasteiger partial charge in [-0.25, -0.2) is 16.8 Å². The van der Waals surface area contributed by atoms with Gasteiger partial charge in [0.25, 0.3) is 0 Å². The van der Waals surface area contributed by atoms with Gasteiger partial charge in [0.2, 0.25) is 20.0 Å². The fraction of sp³-hybridized carbons (Fsp3) is 0.318. The first kappa shape index (κ1) is 41.1. The van der Waals surface area contributed by atoms with Crippen molar-refractivity contribution in [1.82, 2.24) is 0 Å². The van der Waals surface area contributed by atoms with Crippen LogP contribution in [0.3, 0.4) is 0 Å². The lowest BCUT2D eigenvalue weighted by Gasteiger charge is -2.41. The van der Waals surface area contributed by atoms with Crippen molar-refractivity contribution in [2.45, 2.75) is 103 Å². The van der Waals surface area contributed by atoms with Crippen molar-refractivity contribution in [2.75, 3.05) is 10.9 Å². The first-order valence-electron chi connectivity index (χ1n) is 18.8. The molecule has 0 saturated carbocycles. The predicted molar refractivity (Wildman–Crippen MR) is 227 cm³/mol. The van der Waals surface area contributed by atoms with Crippen LogP contribution in [0.25, 0.3) is 0 Å². The second-order valence-corrected chi connectivity index (χ2v) is 21.7. The van der Waals surface area contributed by atoms with Crippen LogP contribution in [0.15, 0.2) is 125 Å². The smallest absolute Gasteiger partial charge is 0.438 e. The second kappa shape index (κ2) is 16.7. The number of anilines is 3. The summed E-state index contributed by atoms with van der Waals surface area (Å²) >= 11 is -3.79. The molecule has 5 aromatic rings. The zero-order valence-electron chi connectivity index (χ0n) is 33.2. The molecule has 0 aliphatic heterocycles. The zero-order valence-corrected chi connectivity index (χ0v) is 36.0. The van der Waals surface area contributed by atoms with E-state index in [9.17, 15) is 0 Å². The molecule has 0 amide bonds. The molecular formula is C44H54AlN3O4S2. The predicted octanol–water partition coefficient (Wildman–Crippen LogP) is 11.0. The van der Waals surface area contributed by atoms with Gasteiger partial charge in [0.05, 0.1) is 9.79 Å². The van der Waals surface area contributed by atoms with Crippen LogP contribution < -0.4 is 10.9 Å². The van der Waals surface area contributed by atoms with Gasteiger partial charge in [-0.1, -0.05) is 145 Å². The van der Waals surface area contributed by atoms with Crippen molar-refractivity contribution in [1.29, 1.82) is 0 Å². The van der Waals surface area contributed by atoms with Gasteiger partial charge in [0.15, 0.2) is 0 Å². The topological polar surface area (TPSA) is 86.8 Å². The first-order valence-corrected chi connectivity index (χ1v) is 23.2. The molecule has 5 rings (SSSR count). The number of rotatable bonds is 14. The van der Waals surface area contributed by atoms with Crippen molar-refractivity contribution in [3.63, 3.8) is 0 Å². The van der Waals surface area contributed by atoms with Gasteiger partial charge in [0, 0.05) is 17.1 Å². The van der Waals surface area contributed by atoms with Gasteiger partial charge >= 0.3 is 14.8 Å². The van der Waals surface area contributed by atoms with Crippen LogP contribution in [0.4, 0.5) is 17.1 Å². The monoisotopic (exact) mass is 779 g/mol. The summed E-state index contributed by atoms with van der Waals surface area (Å²) in [5.74, 6) is -0.344. The molecule has 5 aromatic carbocycles. The third kappa shape index (κ3) is 8.43. The Kier molecular flexibility index (Phi) is 12.7. The summed E-state index contributed by atoms with van der Waals surface area (Å²) in [7, 11) is -8.89. The summed E-state index contributed by atoms with van der Waals surface area (Å²) in [6.07, 6.45) is 0. The Morgan fingerprint density at radius 3 is 1.06 bits per heavy atom. The molecule has 0 radical (unpaired) electrons. The Morgan fingerprint density at radius 1 is 0.444 bits per heavy atom. The Hall–Kier alpha value is -4.07. The summed E-state index contributed by atoms with van der Waals surface area (Å²) in [6.45, 7) is 20.2. The number of nitrogens with zero attached hydrogens (tertiary/aromatic N) is 2. The van der Waals surface area contributed by atoms with Gasteiger partial charge in [-0.2, -0.15) is 0 Å². The molecule has 0 aliphatic carbocycles. The summed E-state index contributed by atoms with van der Waals surface area (Å²) in [4.78, 5) is 0.172. The van der Waals surface area contributed by atoms with Crippen molar-refractivity contribution in [2.24, 2.45) is 0 Å². The Labute approximate surface area is 329 Å². The third-order valence-electron chi connectivity index (χ3n) is 9.80. The van der Waals surface area contributed by atoms with E-state index >= 15 is 16.8 Å². The quantitative estimate of drug-likeness (QED) is 0.113. The van der Waals surface area contributed by atoms with Crippen molar-refractivity contribution in [3.8, 4) is 0 Å². The Bertz CT molecular complexity index is 2080. The molecule has 7 nitrogen and oxygen atoms in total. The minimum absolute atomic E-state index is 0.0858. The highest BCUT2D eigenvalue weighted by Crippen LogP contribution is 2.44. The number of hydrogen-bond acceptors (Lipinski definition) is 5. The normalized spacial score (nSPS) is 12.1. The van der Waals surface area contributed by atoms with E-state index in [1.165, 1.54) is 6.58 Å². The third-order valence-corrected chi connectivity index (χ3v) is 17.8. The van der Waals surface area contributed by atoms with Crippen LogP contribution in [-0.4, -0.2) is 31.6 Å². The first-order chi connectivity index (χ1) is 25.5. The molecule has 0 saturated heterocycles. The molecule has 0 atom stereocenters. The number of hydrogen-bond donors (Lipinski definition) is 1. The van der Waals surface area contributed by atoms with Gasteiger partial charge in [-0.3, -0.25) is 0 Å². The lowest BCUT2D eigenvalue weighted by Crippen LogP contribution is -2.63. The molecule has 10 heteroatoms. The van der Waals surface area contributed by atoms with E-state index in [4.69, 9.17) is 0 Å². The maximum Gasteiger partial charge on any atom is 0.769 e. The Morgan fingerprint density at radius 2 is 0.759 bits per heavy atom. The summed E-state index contributed by atoms with van der Waals surface area (Å²) in [6, 6.07) is 34.8. The molecule has 1 N–H and O–H groups in total. The summed E-state index contributed by atoms with van der Waals surface area (Å²) in [5, 5.41) is 0. The summed E-state index contributed by atoms with van der Waals surface area (Å²) < 4.78 is 69.8. The second-order valence-electron chi connectivity index (χ2n) is 15.3. The lowest BCUT2D eigenvalue weighted by atomic mass is 9.93. The van der Waals surface area contributed by atoms with Crippen molar-refractivity contribution >= 4 is 51.9 Å². The number of benzene rings is 5. The molecule has 54 heavy (non-hydrogen) atoms. The summed E-state index contributed by atoms with van der Waals surface area (Å²) in [5.41, 5.74) is 6.74. The average molecular weight is 780 g/mol. The molecule has 0 unspecified atom stereocenters. The fourth-order valence-electron chi connectivity index (χ4n) is 6.82. The highest BCUT2D eigenvalue weighted by atomic mass is 32.2. The molecule has 0 heterocycles. The molecule has 0 spiro atoms. The van der Waals surface area contributed by atoms with Crippen LogP contribution >= 0.6 is 0 Å². The highest BCUT2D eigenvalue weighted by molar-refractivity contribution is 7.97. The van der Waals surface area contributed by atoms with Gasteiger partial charge in [0.1, 0.15) is 0 Å². The molecule has 0 aliphatic rings. The molecule has 0 aromatic heterocycles. The fourth-order valence-corrected chi connectivity index (χ4v) is 15.0. The van der Waals surface area contributed by atoms with Gasteiger partial charge in [-0.05, 0) is 96.2 Å². The maximum absolute atomic E-state index is 15.8. The van der Waals surface area contributed by atoms with E-state index < -0.39 is 34.9 Å².